The van der Waals surface area contributed by atoms with Crippen LogP contribution >= 0.6 is 11.3 Å². The number of ether oxygens (including phenoxy) is 1. The number of aryl methyl sites for hydroxylation is 1. The number of rotatable bonds is 6. The van der Waals surface area contributed by atoms with Crippen molar-refractivity contribution in [3.05, 3.63) is 26.6 Å². The van der Waals surface area contributed by atoms with Gasteiger partial charge in [0.1, 0.15) is 10.7 Å². The largest absolute Gasteiger partial charge is 0.383 e. The fourth-order valence-corrected chi connectivity index (χ4v) is 3.24. The van der Waals surface area contributed by atoms with Crippen molar-refractivity contribution in [2.24, 2.45) is 0 Å². The van der Waals surface area contributed by atoms with Crippen LogP contribution in [0.25, 0.3) is 10.2 Å². The summed E-state index contributed by atoms with van der Waals surface area (Å²) in [5.74, 6) is 0.390. The van der Waals surface area contributed by atoms with E-state index in [4.69, 9.17) is 4.74 Å². The zero-order valence-corrected chi connectivity index (χ0v) is 14.0. The van der Waals surface area contributed by atoms with Crippen LogP contribution in [0.3, 0.4) is 0 Å². The number of aromatic amines is 1. The molecule has 2 aromatic rings. The summed E-state index contributed by atoms with van der Waals surface area (Å²) in [6.45, 7) is 3.18. The molecule has 0 bridgehead atoms. The summed E-state index contributed by atoms with van der Waals surface area (Å²) in [5, 5.41) is 3.26. The number of methoxy groups -OCH3 is 1. The van der Waals surface area contributed by atoms with Crippen LogP contribution in [0.5, 0.6) is 0 Å². The van der Waals surface area contributed by atoms with Crippen molar-refractivity contribution in [3.8, 4) is 0 Å². The third-order valence-electron chi connectivity index (χ3n) is 3.11. The van der Waals surface area contributed by atoms with E-state index in [-0.39, 0.29) is 11.5 Å². The highest BCUT2D eigenvalue weighted by Gasteiger charge is 2.19. The third kappa shape index (κ3) is 3.52. The van der Waals surface area contributed by atoms with Crippen LogP contribution in [0.4, 0.5) is 0 Å². The molecule has 0 saturated heterocycles. The Morgan fingerprint density at radius 1 is 1.45 bits per heavy atom. The second-order valence-corrected chi connectivity index (χ2v) is 6.23. The van der Waals surface area contributed by atoms with Gasteiger partial charge in [-0.15, -0.1) is 11.3 Å². The van der Waals surface area contributed by atoms with Crippen LogP contribution in [0.2, 0.25) is 0 Å². The van der Waals surface area contributed by atoms with E-state index in [0.717, 1.165) is 0 Å². The van der Waals surface area contributed by atoms with E-state index in [9.17, 15) is 9.59 Å². The lowest BCUT2D eigenvalue weighted by Crippen LogP contribution is -2.26. The van der Waals surface area contributed by atoms with Crippen molar-refractivity contribution in [3.63, 3.8) is 0 Å². The summed E-state index contributed by atoms with van der Waals surface area (Å²) in [4.78, 5) is 34.7. The Hall–Kier alpha value is -1.77. The molecular weight excluding hydrogens is 304 g/mol. The molecule has 0 saturated carbocycles. The van der Waals surface area contributed by atoms with E-state index in [2.05, 4.69) is 15.3 Å². The molecule has 0 aliphatic rings. The number of hydrogen-bond donors (Lipinski definition) is 2. The number of aromatic nitrogens is 2. The molecule has 2 heterocycles. The van der Waals surface area contributed by atoms with Crippen molar-refractivity contribution >= 4 is 27.5 Å². The molecule has 2 aromatic heterocycles. The Morgan fingerprint density at radius 2 is 2.18 bits per heavy atom. The van der Waals surface area contributed by atoms with Crippen LogP contribution in [0.15, 0.2) is 4.79 Å². The number of thiophene rings is 1. The predicted molar refractivity (Wildman–Crippen MR) is 86.6 cm³/mol. The lowest BCUT2D eigenvalue weighted by Gasteiger charge is -2.07. The lowest BCUT2D eigenvalue weighted by molar-refractivity contribution is 0.0940. The van der Waals surface area contributed by atoms with E-state index in [1.54, 1.807) is 14.0 Å². The number of hydrogen-bond acceptors (Lipinski definition) is 6. The Labute approximate surface area is 132 Å². The fourth-order valence-electron chi connectivity index (χ4n) is 2.13. The summed E-state index contributed by atoms with van der Waals surface area (Å²) in [7, 11) is 5.38. The maximum atomic E-state index is 12.2. The Balaban J connectivity index is 2.38. The highest BCUT2D eigenvalue weighted by atomic mass is 32.1. The smallest absolute Gasteiger partial charge is 0.261 e. The van der Waals surface area contributed by atoms with E-state index in [0.29, 0.717) is 46.2 Å². The Bertz CT molecular complexity index is 735. The minimum Gasteiger partial charge on any atom is -0.383 e. The molecule has 0 spiro atoms. The lowest BCUT2D eigenvalue weighted by atomic mass is 10.2. The van der Waals surface area contributed by atoms with E-state index >= 15 is 0 Å². The number of fused-ring (bicyclic) bond motifs is 1. The van der Waals surface area contributed by atoms with Crippen molar-refractivity contribution in [2.45, 2.75) is 13.5 Å². The van der Waals surface area contributed by atoms with E-state index < -0.39 is 0 Å². The number of amides is 1. The predicted octanol–water partition coefficient (Wildman–Crippen LogP) is 0.731. The molecule has 2 rings (SSSR count). The maximum Gasteiger partial charge on any atom is 0.261 e. The number of nitrogens with one attached hydrogen (secondary N) is 2. The van der Waals surface area contributed by atoms with Crippen LogP contribution in [0.1, 0.15) is 21.1 Å². The summed E-state index contributed by atoms with van der Waals surface area (Å²) < 4.78 is 4.91. The van der Waals surface area contributed by atoms with E-state index in [1.807, 2.05) is 19.0 Å². The van der Waals surface area contributed by atoms with Crippen molar-refractivity contribution in [1.29, 1.82) is 0 Å². The number of carbonyl (C=O) groups excluding carboxylic acids is 1. The van der Waals surface area contributed by atoms with Gasteiger partial charge in [-0.05, 0) is 26.6 Å². The summed E-state index contributed by atoms with van der Waals surface area (Å²) in [6.07, 6.45) is 0. The third-order valence-corrected chi connectivity index (χ3v) is 4.30. The first-order chi connectivity index (χ1) is 10.4. The van der Waals surface area contributed by atoms with Crippen LogP contribution in [-0.4, -0.2) is 55.1 Å². The van der Waals surface area contributed by atoms with Gasteiger partial charge >= 0.3 is 0 Å². The van der Waals surface area contributed by atoms with Gasteiger partial charge < -0.3 is 19.9 Å². The number of carbonyl (C=O) groups is 1. The van der Waals surface area contributed by atoms with Crippen LogP contribution in [0, 0.1) is 6.92 Å². The average molecular weight is 324 g/mol. The first-order valence-corrected chi connectivity index (χ1v) is 7.69. The van der Waals surface area contributed by atoms with Gasteiger partial charge in [-0.3, -0.25) is 9.59 Å². The first kappa shape index (κ1) is 16.6. The van der Waals surface area contributed by atoms with Crippen molar-refractivity contribution in [1.82, 2.24) is 20.2 Å². The molecule has 22 heavy (non-hydrogen) atoms. The fraction of sp³-hybridized carbons (Fsp3) is 0.500. The van der Waals surface area contributed by atoms with Gasteiger partial charge in [0.25, 0.3) is 11.5 Å². The molecule has 8 heteroatoms. The second-order valence-electron chi connectivity index (χ2n) is 5.24. The molecule has 0 aliphatic heterocycles. The van der Waals surface area contributed by atoms with Gasteiger partial charge in [-0.1, -0.05) is 0 Å². The zero-order valence-electron chi connectivity index (χ0n) is 13.1. The molecule has 0 aliphatic carbocycles. The molecule has 0 unspecified atom stereocenters. The first-order valence-electron chi connectivity index (χ1n) is 6.88. The monoisotopic (exact) mass is 324 g/mol. The van der Waals surface area contributed by atoms with Gasteiger partial charge in [0.15, 0.2) is 0 Å². The van der Waals surface area contributed by atoms with E-state index in [1.165, 1.54) is 11.3 Å². The second kappa shape index (κ2) is 6.99. The molecule has 0 atom stereocenters. The highest BCUT2D eigenvalue weighted by Crippen LogP contribution is 2.26. The van der Waals surface area contributed by atoms with Gasteiger partial charge in [-0.25, -0.2) is 4.98 Å². The number of H-pyrrole nitrogens is 1. The number of nitrogens with zero attached hydrogens (tertiary/aromatic N) is 2. The molecular formula is C14H20N4O3S. The van der Waals surface area contributed by atoms with Gasteiger partial charge in [0, 0.05) is 13.7 Å². The summed E-state index contributed by atoms with van der Waals surface area (Å²) in [6, 6.07) is 0. The van der Waals surface area contributed by atoms with Crippen LogP contribution in [-0.2, 0) is 11.3 Å². The highest BCUT2D eigenvalue weighted by molar-refractivity contribution is 7.20. The molecule has 1 amide bonds. The Kier molecular flexibility index (Phi) is 5.28. The summed E-state index contributed by atoms with van der Waals surface area (Å²) in [5.41, 5.74) is 0.464. The van der Waals surface area contributed by atoms with Gasteiger partial charge in [0.2, 0.25) is 0 Å². The average Bonchev–Trinajstić information content (AvgIpc) is 2.75. The van der Waals surface area contributed by atoms with Crippen molar-refractivity contribution < 1.29 is 9.53 Å². The SMILES string of the molecule is COCCNC(=O)c1sc2nc(CN(C)C)[nH]c(=O)c2c1C. The minimum atomic E-state index is -0.203. The minimum absolute atomic E-state index is 0.202. The maximum absolute atomic E-state index is 12.2. The molecule has 0 aromatic carbocycles. The van der Waals surface area contributed by atoms with Crippen LogP contribution < -0.4 is 10.9 Å². The van der Waals surface area contributed by atoms with Gasteiger partial charge in [0.05, 0.1) is 23.4 Å². The Morgan fingerprint density at radius 3 is 2.82 bits per heavy atom. The molecule has 0 fully saturated rings. The topological polar surface area (TPSA) is 87.3 Å². The summed E-state index contributed by atoms with van der Waals surface area (Å²) >= 11 is 1.24. The standard InChI is InChI=1S/C14H20N4O3S/c1-8-10-12(19)16-9(7-18(2)3)17-14(10)22-11(8)13(20)15-5-6-21-4/h5-7H2,1-4H3,(H,15,20)(H,16,17,19). The molecule has 2 N–H and O–H groups in total. The molecule has 0 radical (unpaired) electrons. The van der Waals surface area contributed by atoms with Crippen molar-refractivity contribution in [2.75, 3.05) is 34.4 Å². The van der Waals surface area contributed by atoms with Gasteiger partial charge in [-0.2, -0.15) is 0 Å². The quantitative estimate of drug-likeness (QED) is 0.765. The molecule has 120 valence electrons. The molecule has 7 nitrogen and oxygen atoms in total. The normalized spacial score (nSPS) is 11.3. The zero-order chi connectivity index (χ0) is 16.3.